The van der Waals surface area contributed by atoms with E-state index in [0.29, 0.717) is 5.56 Å². The number of hydrogen-bond acceptors (Lipinski definition) is 4. The maximum atomic E-state index is 12.8. The van der Waals surface area contributed by atoms with Gasteiger partial charge in [-0.1, -0.05) is 13.8 Å². The van der Waals surface area contributed by atoms with E-state index in [2.05, 4.69) is 24.1 Å². The van der Waals surface area contributed by atoms with E-state index < -0.39 is 0 Å². The first kappa shape index (κ1) is 16.1. The number of nitrogens with zero attached hydrogens (tertiary/aromatic N) is 2. The first-order chi connectivity index (χ1) is 9.93. The second kappa shape index (κ2) is 6.69. The molecular weight excluding hydrogens is 282 g/mol. The molecule has 1 amide bonds. The predicted octanol–water partition coefficient (Wildman–Crippen LogP) is 3.18. The molecular formula is C16H25N3OS. The fourth-order valence-electron chi connectivity index (χ4n) is 2.46. The molecule has 1 saturated heterocycles. The zero-order chi connectivity index (χ0) is 15.5. The second-order valence-corrected chi connectivity index (χ2v) is 7.85. The van der Waals surface area contributed by atoms with Crippen LogP contribution in [0.4, 0.5) is 5.69 Å². The van der Waals surface area contributed by atoms with E-state index in [9.17, 15) is 4.79 Å². The van der Waals surface area contributed by atoms with E-state index in [1.807, 2.05) is 36.6 Å². The Morgan fingerprint density at radius 3 is 2.95 bits per heavy atom. The molecule has 0 atom stereocenters. The summed E-state index contributed by atoms with van der Waals surface area (Å²) in [6.45, 7) is 10.9. The number of anilines is 1. The van der Waals surface area contributed by atoms with Gasteiger partial charge in [0.15, 0.2) is 0 Å². The summed E-state index contributed by atoms with van der Waals surface area (Å²) in [5.74, 6) is 1.09. The maximum Gasteiger partial charge on any atom is 0.257 e. The molecule has 1 fully saturated rings. The zero-order valence-electron chi connectivity index (χ0n) is 13.4. The van der Waals surface area contributed by atoms with Crippen molar-refractivity contribution in [1.82, 2.24) is 9.88 Å². The highest BCUT2D eigenvalue weighted by Gasteiger charge is 2.27. The topological polar surface area (TPSA) is 45.2 Å². The van der Waals surface area contributed by atoms with Crippen LogP contribution in [0.1, 0.15) is 43.2 Å². The maximum absolute atomic E-state index is 12.8. The standard InChI is InChI=1S/C16H25N3OS/c1-5-17-14-10-12(2)18-11-13(14)15(20)19-7-6-16(3,4)21-9-8-19/h10-11H,5-9H2,1-4H3,(H,17,18). The van der Waals surface area contributed by atoms with Crippen LogP contribution in [-0.4, -0.2) is 45.9 Å². The zero-order valence-corrected chi connectivity index (χ0v) is 14.2. The minimum atomic E-state index is 0.0942. The molecule has 4 nitrogen and oxygen atoms in total. The van der Waals surface area contributed by atoms with E-state index in [0.717, 1.165) is 43.2 Å². The number of aromatic nitrogens is 1. The molecule has 116 valence electrons. The van der Waals surface area contributed by atoms with Gasteiger partial charge < -0.3 is 10.2 Å². The molecule has 1 aliphatic heterocycles. The molecule has 0 bridgehead atoms. The van der Waals surface area contributed by atoms with Crippen molar-refractivity contribution in [2.45, 2.75) is 38.9 Å². The summed E-state index contributed by atoms with van der Waals surface area (Å²) in [6, 6.07) is 1.95. The summed E-state index contributed by atoms with van der Waals surface area (Å²) >= 11 is 1.95. The lowest BCUT2D eigenvalue weighted by atomic mass is 10.1. The van der Waals surface area contributed by atoms with E-state index in [1.54, 1.807) is 6.20 Å². The minimum absolute atomic E-state index is 0.0942. The number of carbonyl (C=O) groups excluding carboxylic acids is 1. The van der Waals surface area contributed by atoms with Gasteiger partial charge in [-0.15, -0.1) is 0 Å². The van der Waals surface area contributed by atoms with Crippen LogP contribution in [0.25, 0.3) is 0 Å². The molecule has 21 heavy (non-hydrogen) atoms. The summed E-state index contributed by atoms with van der Waals surface area (Å²) in [4.78, 5) is 19.1. The molecule has 5 heteroatoms. The number of aryl methyl sites for hydroxylation is 1. The molecule has 1 N–H and O–H groups in total. The lowest BCUT2D eigenvalue weighted by Gasteiger charge is -2.23. The Labute approximate surface area is 131 Å². The van der Waals surface area contributed by atoms with Gasteiger partial charge in [0.05, 0.1) is 11.3 Å². The highest BCUT2D eigenvalue weighted by atomic mass is 32.2. The average Bonchev–Trinajstić information content (AvgIpc) is 2.60. The predicted molar refractivity (Wildman–Crippen MR) is 90.2 cm³/mol. The van der Waals surface area contributed by atoms with Gasteiger partial charge in [0.25, 0.3) is 5.91 Å². The van der Waals surface area contributed by atoms with Gasteiger partial charge in [0, 0.05) is 42.0 Å². The Kier molecular flexibility index (Phi) is 5.14. The van der Waals surface area contributed by atoms with Crippen molar-refractivity contribution in [2.75, 3.05) is 30.7 Å². The second-order valence-electron chi connectivity index (χ2n) is 6.05. The molecule has 1 aromatic rings. The van der Waals surface area contributed by atoms with E-state index in [1.165, 1.54) is 0 Å². The van der Waals surface area contributed by atoms with Crippen LogP contribution >= 0.6 is 11.8 Å². The molecule has 2 heterocycles. The Bertz CT molecular complexity index is 516. The minimum Gasteiger partial charge on any atom is -0.385 e. The van der Waals surface area contributed by atoms with E-state index >= 15 is 0 Å². The fourth-order valence-corrected chi connectivity index (χ4v) is 3.56. The number of carbonyl (C=O) groups is 1. The highest BCUT2D eigenvalue weighted by molar-refractivity contribution is 8.00. The largest absolute Gasteiger partial charge is 0.385 e. The molecule has 0 aliphatic carbocycles. The number of thioether (sulfide) groups is 1. The van der Waals surface area contributed by atoms with Gasteiger partial charge in [0.2, 0.25) is 0 Å². The summed E-state index contributed by atoms with van der Waals surface area (Å²) in [7, 11) is 0. The number of pyridine rings is 1. The molecule has 1 aliphatic rings. The monoisotopic (exact) mass is 307 g/mol. The van der Waals surface area contributed by atoms with Gasteiger partial charge >= 0.3 is 0 Å². The molecule has 0 spiro atoms. The first-order valence-corrected chi connectivity index (χ1v) is 8.55. The normalized spacial score (nSPS) is 18.2. The van der Waals surface area contributed by atoms with Crippen LogP contribution in [-0.2, 0) is 0 Å². The third kappa shape index (κ3) is 4.13. The SMILES string of the molecule is CCNc1cc(C)ncc1C(=O)N1CCSC(C)(C)CC1. The van der Waals surface area contributed by atoms with Crippen molar-refractivity contribution in [3.05, 3.63) is 23.5 Å². The van der Waals surface area contributed by atoms with Crippen molar-refractivity contribution in [3.8, 4) is 0 Å². The first-order valence-electron chi connectivity index (χ1n) is 7.57. The summed E-state index contributed by atoms with van der Waals surface area (Å²) in [5.41, 5.74) is 2.51. The third-order valence-corrected chi connectivity index (χ3v) is 5.14. The number of nitrogens with one attached hydrogen (secondary N) is 1. The number of rotatable bonds is 3. The van der Waals surface area contributed by atoms with Crippen LogP contribution in [0.3, 0.4) is 0 Å². The van der Waals surface area contributed by atoms with E-state index in [4.69, 9.17) is 0 Å². The van der Waals surface area contributed by atoms with Crippen LogP contribution in [0.5, 0.6) is 0 Å². The van der Waals surface area contributed by atoms with Crippen LogP contribution in [0, 0.1) is 6.92 Å². The van der Waals surface area contributed by atoms with E-state index in [-0.39, 0.29) is 10.7 Å². The molecule has 2 rings (SSSR count). The lowest BCUT2D eigenvalue weighted by Crippen LogP contribution is -2.34. The highest BCUT2D eigenvalue weighted by Crippen LogP contribution is 2.31. The Morgan fingerprint density at radius 2 is 2.24 bits per heavy atom. The fraction of sp³-hybridized carbons (Fsp3) is 0.625. The molecule has 0 radical (unpaired) electrons. The van der Waals surface area contributed by atoms with Gasteiger partial charge in [-0.05, 0) is 26.3 Å². The Hall–Kier alpha value is -1.23. The lowest BCUT2D eigenvalue weighted by molar-refractivity contribution is 0.0765. The van der Waals surface area contributed by atoms with Crippen molar-refractivity contribution in [1.29, 1.82) is 0 Å². The summed E-state index contributed by atoms with van der Waals surface area (Å²) in [6.07, 6.45) is 2.73. The van der Waals surface area contributed by atoms with Crippen molar-refractivity contribution in [3.63, 3.8) is 0 Å². The van der Waals surface area contributed by atoms with Gasteiger partial charge in [0.1, 0.15) is 0 Å². The number of amides is 1. The quantitative estimate of drug-likeness (QED) is 0.931. The Balaban J connectivity index is 2.19. The average molecular weight is 307 g/mol. The summed E-state index contributed by atoms with van der Waals surface area (Å²) in [5, 5.41) is 3.28. The third-order valence-electron chi connectivity index (χ3n) is 3.76. The molecule has 0 aromatic carbocycles. The molecule has 0 saturated carbocycles. The van der Waals surface area contributed by atoms with Gasteiger partial charge in [-0.3, -0.25) is 9.78 Å². The van der Waals surface area contributed by atoms with Crippen LogP contribution in [0.2, 0.25) is 0 Å². The number of hydrogen-bond donors (Lipinski definition) is 1. The van der Waals surface area contributed by atoms with Crippen molar-refractivity contribution >= 4 is 23.4 Å². The van der Waals surface area contributed by atoms with Gasteiger partial charge in [-0.2, -0.15) is 11.8 Å². The smallest absolute Gasteiger partial charge is 0.257 e. The van der Waals surface area contributed by atoms with Crippen LogP contribution < -0.4 is 5.32 Å². The Morgan fingerprint density at radius 1 is 1.48 bits per heavy atom. The molecule has 0 unspecified atom stereocenters. The van der Waals surface area contributed by atoms with Crippen LogP contribution in [0.15, 0.2) is 12.3 Å². The van der Waals surface area contributed by atoms with Gasteiger partial charge in [-0.25, -0.2) is 0 Å². The summed E-state index contributed by atoms with van der Waals surface area (Å²) < 4.78 is 0.255. The van der Waals surface area contributed by atoms with Crippen molar-refractivity contribution in [2.24, 2.45) is 0 Å². The van der Waals surface area contributed by atoms with Crippen molar-refractivity contribution < 1.29 is 4.79 Å². The molecule has 1 aromatic heterocycles.